The highest BCUT2D eigenvalue weighted by molar-refractivity contribution is 6.34. The van der Waals surface area contributed by atoms with Crippen molar-refractivity contribution < 1.29 is 195 Å². The van der Waals surface area contributed by atoms with Crippen molar-refractivity contribution >= 4 is 41.0 Å². The van der Waals surface area contributed by atoms with E-state index in [9.17, 15) is 19.5 Å². The minimum Gasteiger partial charge on any atom is -0.481 e. The van der Waals surface area contributed by atoms with Crippen LogP contribution >= 0.6 is 23.2 Å². The molecule has 2 amide bonds. The van der Waals surface area contributed by atoms with Gasteiger partial charge >= 0.3 is 5.97 Å². The van der Waals surface area contributed by atoms with Crippen molar-refractivity contribution in [1.82, 2.24) is 10.6 Å². The highest BCUT2D eigenvalue weighted by Crippen LogP contribution is 2.26. The van der Waals surface area contributed by atoms with Gasteiger partial charge in [-0.05, 0) is 29.3 Å². The third-order valence-electron chi connectivity index (χ3n) is 17.6. The molecule has 2 aromatic rings. The number of halogens is 2. The average molecular weight is 2040 g/mol. The van der Waals surface area contributed by atoms with Crippen LogP contribution in [0.15, 0.2) is 48.5 Å². The summed E-state index contributed by atoms with van der Waals surface area (Å²) in [5.74, 6) is -2.27. The van der Waals surface area contributed by atoms with Crippen LogP contribution in [-0.4, -0.2) is 512 Å². The molecule has 808 valence electrons. The monoisotopic (exact) mass is 2040 g/mol. The normalized spacial score (nSPS) is 12.1. The molecule has 0 aliphatic carbocycles. The lowest BCUT2D eigenvalue weighted by Gasteiger charge is -2.23. The molecule has 0 saturated heterocycles. The standard InChI is InChI=1S/C93H166Cl2N2O41/c1-102-9-10-104-13-14-106-17-18-108-21-22-110-25-26-112-29-30-114-33-34-116-37-38-118-41-42-120-45-46-122-49-50-124-53-54-126-57-58-128-61-62-130-65-66-132-69-70-134-73-74-136-77-78-137-76-75-135-72-71-133-68-67-131-64-63-129-60-59-127-56-55-125-52-51-123-48-47-121-44-43-119-40-39-117-36-35-115-32-31-113-28-27-111-24-23-109-20-19-107-16-15-105-12-11-103-8-7-91(98)96-90(84-138-83-85-5-3-2-4-6-85)93(101)97-89(82-92(99)100)86-79-87(94)81-88(95)80-86/h2-6,79-81,89-90H,7-78,82-84H2,1H3,(H,96,98)(H,97,101)(H,99,100)/t89?,90-/m0/s1. The van der Waals surface area contributed by atoms with E-state index < -0.39 is 36.3 Å². The molecule has 0 aliphatic heterocycles. The molecule has 0 spiro atoms. The summed E-state index contributed by atoms with van der Waals surface area (Å²) >= 11 is 12.3. The zero-order valence-electron chi connectivity index (χ0n) is 81.8. The van der Waals surface area contributed by atoms with Crippen molar-refractivity contribution in [3.63, 3.8) is 0 Å². The first kappa shape index (κ1) is 130. The second-order valence-electron chi connectivity index (χ2n) is 28.7. The molecule has 0 fully saturated rings. The average Bonchev–Trinajstić information content (AvgIpc) is 0.841. The van der Waals surface area contributed by atoms with Crippen LogP contribution in [-0.2, 0) is 196 Å². The Morgan fingerprint density at radius 1 is 0.246 bits per heavy atom. The second-order valence-corrected chi connectivity index (χ2v) is 29.5. The van der Waals surface area contributed by atoms with Crippen LogP contribution in [0.4, 0.5) is 0 Å². The molecule has 2 atom stereocenters. The number of rotatable bonds is 118. The molecule has 138 heavy (non-hydrogen) atoms. The van der Waals surface area contributed by atoms with Crippen molar-refractivity contribution in [2.45, 2.75) is 31.5 Å². The maximum absolute atomic E-state index is 13.5. The van der Waals surface area contributed by atoms with Gasteiger partial charge in [0.2, 0.25) is 11.8 Å². The highest BCUT2D eigenvalue weighted by atomic mass is 35.5. The Morgan fingerprint density at radius 3 is 0.609 bits per heavy atom. The molecule has 3 N–H and O–H groups in total. The number of amides is 2. The van der Waals surface area contributed by atoms with Crippen LogP contribution in [0, 0.1) is 0 Å². The van der Waals surface area contributed by atoms with Gasteiger partial charge in [0.25, 0.3) is 0 Å². The Kier molecular flexibility index (Phi) is 104. The fourth-order valence-corrected chi connectivity index (χ4v) is 11.2. The molecule has 0 saturated carbocycles. The fraction of sp³-hybridized carbons (Fsp3) is 0.839. The first-order valence-electron chi connectivity index (χ1n) is 47.9. The van der Waals surface area contributed by atoms with E-state index in [-0.39, 0.29) is 49.5 Å². The zero-order valence-corrected chi connectivity index (χ0v) is 83.4. The van der Waals surface area contributed by atoms with E-state index >= 15 is 0 Å². The molecular weight excluding hydrogens is 1870 g/mol. The van der Waals surface area contributed by atoms with Gasteiger partial charge < -0.3 is 191 Å². The van der Waals surface area contributed by atoms with Crippen LogP contribution < -0.4 is 10.6 Å². The predicted octanol–water partition coefficient (Wildman–Crippen LogP) is 3.94. The molecule has 0 aromatic heterocycles. The van der Waals surface area contributed by atoms with Crippen LogP contribution in [0.25, 0.3) is 0 Å². The Labute approximate surface area is 826 Å². The number of methoxy groups -OCH3 is 1. The summed E-state index contributed by atoms with van der Waals surface area (Å²) in [6, 6.07) is 11.7. The van der Waals surface area contributed by atoms with E-state index in [0.717, 1.165) is 5.56 Å². The second kappa shape index (κ2) is 110. The maximum atomic E-state index is 13.5. The predicted molar refractivity (Wildman–Crippen MR) is 503 cm³/mol. The highest BCUT2D eigenvalue weighted by Gasteiger charge is 2.27. The van der Waals surface area contributed by atoms with E-state index in [1.807, 2.05) is 30.3 Å². The largest absolute Gasteiger partial charge is 0.481 e. The number of nitrogens with one attached hydrogen (secondary N) is 2. The topological polar surface area (TPSA) is 437 Å². The Balaban J connectivity index is 1.13. The van der Waals surface area contributed by atoms with Crippen molar-refractivity contribution in [3.05, 3.63) is 69.7 Å². The number of aliphatic carboxylic acids is 1. The summed E-state index contributed by atoms with van der Waals surface area (Å²) in [5, 5.41) is 15.5. The number of hydrogen-bond donors (Lipinski definition) is 3. The van der Waals surface area contributed by atoms with E-state index in [2.05, 4.69) is 10.6 Å². The lowest BCUT2D eigenvalue weighted by Crippen LogP contribution is -2.50. The molecule has 45 heteroatoms. The van der Waals surface area contributed by atoms with Gasteiger partial charge in [0, 0.05) is 23.6 Å². The molecule has 2 rings (SSSR count). The molecule has 0 aliphatic rings. The Bertz CT molecular complexity index is 2770. The number of carboxylic acids is 1. The maximum Gasteiger partial charge on any atom is 0.305 e. The van der Waals surface area contributed by atoms with Gasteiger partial charge in [0.05, 0.1) is 495 Å². The summed E-state index contributed by atoms with van der Waals surface area (Å²) in [4.78, 5) is 38.2. The first-order valence-corrected chi connectivity index (χ1v) is 48.6. The van der Waals surface area contributed by atoms with Gasteiger partial charge in [-0.1, -0.05) is 53.5 Å². The Hall–Kier alpha value is -4.05. The van der Waals surface area contributed by atoms with Gasteiger partial charge in [0.1, 0.15) is 6.04 Å². The smallest absolute Gasteiger partial charge is 0.305 e. The van der Waals surface area contributed by atoms with E-state index in [1.54, 1.807) is 7.11 Å². The molecule has 43 nitrogen and oxygen atoms in total. The molecule has 0 heterocycles. The van der Waals surface area contributed by atoms with Gasteiger partial charge in [-0.3, -0.25) is 14.4 Å². The van der Waals surface area contributed by atoms with Crippen molar-refractivity contribution in [1.29, 1.82) is 0 Å². The number of carboxylic acid groups (broad SMARTS) is 1. The van der Waals surface area contributed by atoms with Crippen molar-refractivity contribution in [2.24, 2.45) is 0 Å². The Morgan fingerprint density at radius 2 is 0.428 bits per heavy atom. The van der Waals surface area contributed by atoms with Crippen molar-refractivity contribution in [3.8, 4) is 0 Å². The first-order chi connectivity index (χ1) is 68.3. The van der Waals surface area contributed by atoms with Crippen LogP contribution in [0.2, 0.25) is 10.0 Å². The summed E-state index contributed by atoms with van der Waals surface area (Å²) in [5.41, 5.74) is 1.26. The molecule has 1 unspecified atom stereocenters. The minimum absolute atomic E-state index is 0.0491. The SMILES string of the molecule is COCCOCCOCCOCCOCCOCCOCCOCCOCCOCCOCCOCCOCCOCCOCCOCCOCCOCCOCCOCCOCCOCCOCCOCCOCCOCCOCCOCCOCCOCCOCCOCCOCCOCCOCCOCCC(=O)N[C@@H](COCc1ccccc1)C(=O)NC(CC(=O)O)c1cc(Cl)cc(Cl)c1. The van der Waals surface area contributed by atoms with E-state index in [1.165, 1.54) is 18.2 Å². The molecule has 0 bridgehead atoms. The van der Waals surface area contributed by atoms with Crippen molar-refractivity contribution in [2.75, 3.05) is 483 Å². The van der Waals surface area contributed by atoms with E-state index in [4.69, 9.17) is 198 Å². The third-order valence-corrected chi connectivity index (χ3v) is 18.0. The zero-order chi connectivity index (χ0) is 98.5. The molecule has 0 radical (unpaired) electrons. The van der Waals surface area contributed by atoms with Gasteiger partial charge in [0.15, 0.2) is 0 Å². The summed E-state index contributed by atoms with van der Waals surface area (Å²) < 4.78 is 204. The van der Waals surface area contributed by atoms with Crippen LogP contribution in [0.3, 0.4) is 0 Å². The van der Waals surface area contributed by atoms with Crippen LogP contribution in [0.5, 0.6) is 0 Å². The summed E-state index contributed by atoms with van der Waals surface area (Å²) in [7, 11) is 1.64. The number of ether oxygens (including phenoxy) is 37. The molecular formula is C93H166Cl2N2O41. The lowest BCUT2D eigenvalue weighted by atomic mass is 10.0. The molecule has 2 aromatic carbocycles. The van der Waals surface area contributed by atoms with Crippen LogP contribution in [0.1, 0.15) is 30.0 Å². The number of carbonyl (C=O) groups is 3. The van der Waals surface area contributed by atoms with E-state index in [0.29, 0.717) is 455 Å². The minimum atomic E-state index is -1.16. The summed E-state index contributed by atoms with van der Waals surface area (Å²) in [6.45, 7) is 32.5. The quantitative estimate of drug-likeness (QED) is 0.0789. The fourth-order valence-electron chi connectivity index (χ4n) is 10.7. The summed E-state index contributed by atoms with van der Waals surface area (Å²) in [6.07, 6.45) is -0.502. The number of hydrogen-bond acceptors (Lipinski definition) is 40. The van der Waals surface area contributed by atoms with Gasteiger partial charge in [-0.25, -0.2) is 0 Å². The van der Waals surface area contributed by atoms with Gasteiger partial charge in [-0.2, -0.15) is 0 Å². The van der Waals surface area contributed by atoms with Gasteiger partial charge in [-0.15, -0.1) is 0 Å². The number of benzene rings is 2. The third kappa shape index (κ3) is 99.3. The lowest BCUT2D eigenvalue weighted by molar-refractivity contribution is -0.138. The number of carbonyl (C=O) groups excluding carboxylic acids is 2.